The van der Waals surface area contributed by atoms with Crippen LogP contribution in [0.2, 0.25) is 0 Å². The molecule has 0 amide bonds. The zero-order valence-corrected chi connectivity index (χ0v) is 19.3. The lowest BCUT2D eigenvalue weighted by Crippen LogP contribution is -2.79. The number of aryl methyl sites for hydroxylation is 1. The topological polar surface area (TPSA) is 136 Å². The molecule has 9 nitrogen and oxygen atoms in total. The van der Waals surface area contributed by atoms with Crippen molar-refractivity contribution < 1.29 is 43.2 Å². The van der Waals surface area contributed by atoms with Gasteiger partial charge in [-0.15, -0.1) is 0 Å². The molecule has 3 fully saturated rings. The summed E-state index contributed by atoms with van der Waals surface area (Å²) in [5, 5.41) is 23.3. The maximum absolute atomic E-state index is 14.1. The highest BCUT2D eigenvalue weighted by molar-refractivity contribution is 5.96. The molecule has 2 heterocycles. The Hall–Kier alpha value is -2.23. The van der Waals surface area contributed by atoms with Crippen LogP contribution in [0.3, 0.4) is 0 Å². The minimum absolute atomic E-state index is 0.0870. The highest BCUT2D eigenvalue weighted by Crippen LogP contribution is 2.72. The van der Waals surface area contributed by atoms with Crippen LogP contribution < -0.4 is 0 Å². The van der Waals surface area contributed by atoms with Crippen LogP contribution in [0, 0.1) is 16.7 Å². The minimum Gasteiger partial charge on any atom is -0.468 e. The molecule has 33 heavy (non-hydrogen) atoms. The van der Waals surface area contributed by atoms with Crippen LogP contribution >= 0.6 is 0 Å². The Labute approximate surface area is 191 Å². The molecule has 5 rings (SSSR count). The number of hydrogen-bond donors (Lipinski definition) is 2. The van der Waals surface area contributed by atoms with E-state index in [2.05, 4.69) is 0 Å². The molecule has 1 spiro atoms. The van der Waals surface area contributed by atoms with Gasteiger partial charge in [0.15, 0.2) is 5.78 Å². The SMILES string of the molecule is CC(=O)OCC12C(O)C(=O)C3(C)c4occc4CCC3(C)C1C(O)CC(OC(C)=O)C21CO1. The molecule has 2 saturated carbocycles. The van der Waals surface area contributed by atoms with Gasteiger partial charge in [-0.25, -0.2) is 0 Å². The second kappa shape index (κ2) is 6.90. The Bertz CT molecular complexity index is 1020. The molecule has 2 N–H and O–H groups in total. The minimum atomic E-state index is -1.65. The highest BCUT2D eigenvalue weighted by atomic mass is 16.6. The van der Waals surface area contributed by atoms with Crippen LogP contribution in [0.1, 0.15) is 51.9 Å². The Morgan fingerprint density at radius 2 is 1.91 bits per heavy atom. The van der Waals surface area contributed by atoms with Crippen LogP contribution in [-0.4, -0.2) is 65.1 Å². The van der Waals surface area contributed by atoms with Crippen molar-refractivity contribution >= 4 is 17.7 Å². The monoisotopic (exact) mass is 462 g/mol. The maximum atomic E-state index is 14.1. The first-order valence-corrected chi connectivity index (χ1v) is 11.4. The molecule has 1 aliphatic heterocycles. The number of Topliss-reactive ketones (excluding diaryl/α,β-unsaturated/α-hetero) is 1. The van der Waals surface area contributed by atoms with Gasteiger partial charge in [0.05, 0.1) is 29.8 Å². The Kier molecular flexibility index (Phi) is 4.71. The molecule has 180 valence electrons. The second-order valence-electron chi connectivity index (χ2n) is 10.5. The zero-order chi connectivity index (χ0) is 24.0. The number of aliphatic hydroxyl groups excluding tert-OH is 2. The third-order valence-corrected chi connectivity index (χ3v) is 9.15. The quantitative estimate of drug-likeness (QED) is 0.499. The molecule has 1 aromatic heterocycles. The fourth-order valence-corrected chi connectivity index (χ4v) is 7.48. The van der Waals surface area contributed by atoms with E-state index in [9.17, 15) is 24.6 Å². The average Bonchev–Trinajstić information content (AvgIpc) is 3.39. The van der Waals surface area contributed by atoms with Crippen molar-refractivity contribution in [1.82, 2.24) is 0 Å². The third kappa shape index (κ3) is 2.56. The number of carbonyl (C=O) groups excluding carboxylic acids is 3. The summed E-state index contributed by atoms with van der Waals surface area (Å²) in [4.78, 5) is 37.9. The molecule has 0 aromatic carbocycles. The highest BCUT2D eigenvalue weighted by Gasteiger charge is 2.84. The summed E-state index contributed by atoms with van der Waals surface area (Å²) in [6.07, 6.45) is -0.780. The number of furan rings is 1. The molecular weight excluding hydrogens is 432 g/mol. The number of ketones is 1. The number of ether oxygens (including phenoxy) is 3. The average molecular weight is 462 g/mol. The van der Waals surface area contributed by atoms with E-state index < -0.39 is 63.8 Å². The smallest absolute Gasteiger partial charge is 0.303 e. The summed E-state index contributed by atoms with van der Waals surface area (Å²) < 4.78 is 22.7. The van der Waals surface area contributed by atoms with Crippen LogP contribution in [0.15, 0.2) is 16.7 Å². The summed E-state index contributed by atoms with van der Waals surface area (Å²) in [7, 11) is 0. The molecule has 8 unspecified atom stereocenters. The van der Waals surface area contributed by atoms with E-state index >= 15 is 0 Å². The van der Waals surface area contributed by atoms with Crippen molar-refractivity contribution in [2.24, 2.45) is 16.7 Å². The van der Waals surface area contributed by atoms with Crippen LogP contribution in [0.5, 0.6) is 0 Å². The normalized spacial score (nSPS) is 45.6. The van der Waals surface area contributed by atoms with Crippen LogP contribution in [0.25, 0.3) is 0 Å². The summed E-state index contributed by atoms with van der Waals surface area (Å²) >= 11 is 0. The lowest BCUT2D eigenvalue weighted by atomic mass is 9.36. The van der Waals surface area contributed by atoms with E-state index in [0.717, 1.165) is 5.56 Å². The number of rotatable bonds is 3. The van der Waals surface area contributed by atoms with Crippen LogP contribution in [-0.2, 0) is 40.4 Å². The molecule has 0 bridgehead atoms. The molecule has 0 radical (unpaired) electrons. The van der Waals surface area contributed by atoms with Crippen molar-refractivity contribution in [1.29, 1.82) is 0 Å². The van der Waals surface area contributed by atoms with Gasteiger partial charge in [-0.3, -0.25) is 14.4 Å². The first kappa shape index (κ1) is 22.6. The van der Waals surface area contributed by atoms with Gasteiger partial charge >= 0.3 is 11.9 Å². The standard InChI is InChI=1S/C24H30O9/c1-12(25)31-10-23-17(15(27)9-16(33-13(2)26)24(23)11-32-24)21(3)7-5-14-6-8-30-20(14)22(21,4)18(28)19(23)29/h6,8,15-17,19,27,29H,5,7,9-11H2,1-4H3. The number of epoxide rings is 1. The largest absolute Gasteiger partial charge is 0.468 e. The van der Waals surface area contributed by atoms with Crippen molar-refractivity contribution in [3.8, 4) is 0 Å². The van der Waals surface area contributed by atoms with Gasteiger partial charge < -0.3 is 28.8 Å². The molecule has 4 aliphatic rings. The number of carbonyl (C=O) groups is 3. The van der Waals surface area contributed by atoms with E-state index in [1.807, 2.05) is 13.0 Å². The fourth-order valence-electron chi connectivity index (χ4n) is 7.48. The van der Waals surface area contributed by atoms with E-state index in [4.69, 9.17) is 18.6 Å². The summed E-state index contributed by atoms with van der Waals surface area (Å²) in [6.45, 7) is 5.97. The predicted octanol–water partition coefficient (Wildman–Crippen LogP) is 1.06. The van der Waals surface area contributed by atoms with Crippen molar-refractivity contribution in [3.63, 3.8) is 0 Å². The van der Waals surface area contributed by atoms with Gasteiger partial charge in [0.2, 0.25) is 0 Å². The van der Waals surface area contributed by atoms with Crippen molar-refractivity contribution in [3.05, 3.63) is 23.7 Å². The van der Waals surface area contributed by atoms with Crippen molar-refractivity contribution in [2.45, 2.75) is 76.3 Å². The Morgan fingerprint density at radius 1 is 1.21 bits per heavy atom. The van der Waals surface area contributed by atoms with Gasteiger partial charge in [0, 0.05) is 26.2 Å². The Morgan fingerprint density at radius 3 is 2.52 bits per heavy atom. The van der Waals surface area contributed by atoms with E-state index in [1.54, 1.807) is 13.2 Å². The van der Waals surface area contributed by atoms with Crippen molar-refractivity contribution in [2.75, 3.05) is 13.2 Å². The summed E-state index contributed by atoms with van der Waals surface area (Å²) in [6, 6.07) is 1.83. The zero-order valence-electron chi connectivity index (χ0n) is 19.3. The van der Waals surface area contributed by atoms with Gasteiger partial charge in [-0.05, 0) is 36.8 Å². The van der Waals surface area contributed by atoms with E-state index in [-0.39, 0.29) is 19.6 Å². The molecular formula is C24H30O9. The lowest BCUT2D eigenvalue weighted by Gasteiger charge is -2.67. The first-order valence-electron chi connectivity index (χ1n) is 11.4. The third-order valence-electron chi connectivity index (χ3n) is 9.15. The fraction of sp³-hybridized carbons (Fsp3) is 0.708. The molecule has 1 aromatic rings. The predicted molar refractivity (Wildman–Crippen MR) is 111 cm³/mol. The molecule has 8 atom stereocenters. The summed E-state index contributed by atoms with van der Waals surface area (Å²) in [5.74, 6) is -1.82. The van der Waals surface area contributed by atoms with Gasteiger partial charge in [-0.1, -0.05) is 6.92 Å². The number of esters is 2. The number of aliphatic hydroxyl groups is 2. The number of fused-ring (bicyclic) bond motifs is 6. The number of hydrogen-bond acceptors (Lipinski definition) is 9. The Balaban J connectivity index is 1.74. The van der Waals surface area contributed by atoms with E-state index in [0.29, 0.717) is 18.6 Å². The second-order valence-corrected chi connectivity index (χ2v) is 10.5. The molecule has 9 heteroatoms. The first-order chi connectivity index (χ1) is 15.5. The summed E-state index contributed by atoms with van der Waals surface area (Å²) in [5.41, 5.74) is -3.90. The van der Waals surface area contributed by atoms with Gasteiger partial charge in [0.25, 0.3) is 0 Å². The maximum Gasteiger partial charge on any atom is 0.303 e. The van der Waals surface area contributed by atoms with Gasteiger partial charge in [-0.2, -0.15) is 0 Å². The molecule has 1 saturated heterocycles. The van der Waals surface area contributed by atoms with E-state index in [1.165, 1.54) is 13.8 Å². The van der Waals surface area contributed by atoms with Gasteiger partial charge in [0.1, 0.15) is 30.2 Å². The van der Waals surface area contributed by atoms with Crippen LogP contribution in [0.4, 0.5) is 0 Å². The molecule has 3 aliphatic carbocycles. The lowest BCUT2D eigenvalue weighted by molar-refractivity contribution is -0.264.